The van der Waals surface area contributed by atoms with Crippen LogP contribution < -0.4 is 5.32 Å². The smallest absolute Gasteiger partial charge is 0.301 e. The summed E-state index contributed by atoms with van der Waals surface area (Å²) >= 11 is 0.513. The fourth-order valence-electron chi connectivity index (χ4n) is 1.78. The summed E-state index contributed by atoms with van der Waals surface area (Å²) in [7, 11) is 0. The van der Waals surface area contributed by atoms with Crippen molar-refractivity contribution >= 4 is 28.2 Å². The molecule has 24 heavy (non-hydrogen) atoms. The number of hydrogen-bond acceptors (Lipinski definition) is 4. The second-order valence-electron chi connectivity index (χ2n) is 5.34. The van der Waals surface area contributed by atoms with Crippen molar-refractivity contribution in [1.29, 1.82) is 0 Å². The Kier molecular flexibility index (Phi) is 5.08. The lowest BCUT2D eigenvalue weighted by molar-refractivity contribution is -0.141. The average molecular weight is 355 g/mol. The SMILES string of the molecule is C[C](C)C(=O)Nc1nc(C(F)(F)F)c(C(=O)c2ccc(C)cc2)s1. The fraction of sp³-hybridized carbons (Fsp3) is 0.250. The molecule has 0 aliphatic rings. The average Bonchev–Trinajstić information content (AvgIpc) is 2.91. The minimum Gasteiger partial charge on any atom is -0.301 e. The number of halogens is 3. The number of ketones is 1. The van der Waals surface area contributed by atoms with Crippen molar-refractivity contribution in [3.8, 4) is 0 Å². The van der Waals surface area contributed by atoms with Gasteiger partial charge in [-0.15, -0.1) is 0 Å². The number of amides is 1. The number of thiazole rings is 1. The molecule has 2 aromatic rings. The van der Waals surface area contributed by atoms with Crippen molar-refractivity contribution in [3.05, 3.63) is 51.9 Å². The van der Waals surface area contributed by atoms with E-state index in [4.69, 9.17) is 0 Å². The highest BCUT2D eigenvalue weighted by atomic mass is 32.1. The maximum atomic E-state index is 13.2. The predicted octanol–water partition coefficient (Wildman–Crippen LogP) is 4.25. The number of anilines is 1. The monoisotopic (exact) mass is 355 g/mol. The summed E-state index contributed by atoms with van der Waals surface area (Å²) in [6.45, 7) is 4.84. The molecule has 0 atom stereocenters. The Balaban J connectivity index is 2.43. The molecule has 1 aromatic carbocycles. The zero-order valence-electron chi connectivity index (χ0n) is 13.1. The zero-order chi connectivity index (χ0) is 18.1. The van der Waals surface area contributed by atoms with Crippen LogP contribution in [0.3, 0.4) is 0 Å². The summed E-state index contributed by atoms with van der Waals surface area (Å²) < 4.78 is 39.5. The van der Waals surface area contributed by atoms with E-state index in [9.17, 15) is 22.8 Å². The topological polar surface area (TPSA) is 59.1 Å². The van der Waals surface area contributed by atoms with E-state index >= 15 is 0 Å². The van der Waals surface area contributed by atoms with E-state index in [-0.39, 0.29) is 10.7 Å². The number of alkyl halides is 3. The highest BCUT2D eigenvalue weighted by molar-refractivity contribution is 7.18. The maximum absolute atomic E-state index is 13.2. The van der Waals surface area contributed by atoms with Gasteiger partial charge in [0.15, 0.2) is 10.8 Å². The van der Waals surface area contributed by atoms with Crippen LogP contribution in [-0.2, 0) is 11.0 Å². The maximum Gasteiger partial charge on any atom is 0.435 e. The number of carbonyl (C=O) groups is 2. The molecule has 0 fully saturated rings. The van der Waals surface area contributed by atoms with Gasteiger partial charge in [0.2, 0.25) is 11.7 Å². The lowest BCUT2D eigenvalue weighted by Gasteiger charge is -2.05. The van der Waals surface area contributed by atoms with Crippen LogP contribution in [0.4, 0.5) is 18.3 Å². The summed E-state index contributed by atoms with van der Waals surface area (Å²) in [5.41, 5.74) is -0.276. The van der Waals surface area contributed by atoms with Gasteiger partial charge in [0.25, 0.3) is 0 Å². The molecule has 4 nitrogen and oxygen atoms in total. The number of benzene rings is 1. The van der Waals surface area contributed by atoms with E-state index < -0.39 is 28.4 Å². The van der Waals surface area contributed by atoms with Gasteiger partial charge in [-0.25, -0.2) is 4.98 Å². The van der Waals surface area contributed by atoms with Crippen molar-refractivity contribution in [2.24, 2.45) is 0 Å². The summed E-state index contributed by atoms with van der Waals surface area (Å²) in [4.78, 5) is 26.9. The molecule has 2 rings (SSSR count). The number of nitrogens with one attached hydrogen (secondary N) is 1. The molecule has 0 aliphatic heterocycles. The second kappa shape index (κ2) is 6.72. The van der Waals surface area contributed by atoms with Crippen molar-refractivity contribution in [2.45, 2.75) is 26.9 Å². The van der Waals surface area contributed by atoms with Crippen molar-refractivity contribution in [2.75, 3.05) is 5.32 Å². The normalized spacial score (nSPS) is 11.6. The van der Waals surface area contributed by atoms with E-state index in [2.05, 4.69) is 10.3 Å². The lowest BCUT2D eigenvalue weighted by Crippen LogP contribution is -2.16. The van der Waals surface area contributed by atoms with Gasteiger partial charge in [-0.1, -0.05) is 41.2 Å². The first-order chi connectivity index (χ1) is 11.1. The Hall–Kier alpha value is -2.22. The van der Waals surface area contributed by atoms with E-state index in [0.29, 0.717) is 17.3 Å². The van der Waals surface area contributed by atoms with Gasteiger partial charge in [0, 0.05) is 5.56 Å². The van der Waals surface area contributed by atoms with Crippen LogP contribution >= 0.6 is 11.3 Å². The summed E-state index contributed by atoms with van der Waals surface area (Å²) in [5, 5.41) is 2.01. The minimum absolute atomic E-state index is 0.130. The number of rotatable bonds is 4. The number of aromatic nitrogens is 1. The van der Waals surface area contributed by atoms with E-state index in [0.717, 1.165) is 5.56 Å². The Morgan fingerprint density at radius 2 is 1.71 bits per heavy atom. The largest absolute Gasteiger partial charge is 0.435 e. The van der Waals surface area contributed by atoms with Crippen LogP contribution in [0.15, 0.2) is 24.3 Å². The lowest BCUT2D eigenvalue weighted by atomic mass is 10.1. The fourth-order valence-corrected chi connectivity index (χ4v) is 2.72. The van der Waals surface area contributed by atoms with Gasteiger partial charge in [-0.3, -0.25) is 9.59 Å². The number of hydrogen-bond donors (Lipinski definition) is 1. The Bertz CT molecular complexity index is 765. The predicted molar refractivity (Wildman–Crippen MR) is 84.9 cm³/mol. The Labute approximate surface area is 140 Å². The van der Waals surface area contributed by atoms with Gasteiger partial charge in [0.05, 0.1) is 5.92 Å². The molecule has 0 bridgehead atoms. The molecule has 0 saturated carbocycles. The molecule has 127 valence electrons. The summed E-state index contributed by atoms with van der Waals surface area (Å²) in [6.07, 6.45) is -4.79. The number of nitrogens with zero attached hydrogens (tertiary/aromatic N) is 1. The third-order valence-electron chi connectivity index (χ3n) is 3.09. The first-order valence-corrected chi connectivity index (χ1v) is 7.72. The van der Waals surface area contributed by atoms with Crippen molar-refractivity contribution in [1.82, 2.24) is 4.98 Å². The number of aryl methyl sites for hydroxylation is 1. The number of carbonyl (C=O) groups excluding carboxylic acids is 2. The van der Waals surface area contributed by atoms with Gasteiger partial charge in [-0.05, 0) is 20.8 Å². The second-order valence-corrected chi connectivity index (χ2v) is 6.34. The van der Waals surface area contributed by atoms with Crippen LogP contribution in [0.5, 0.6) is 0 Å². The minimum atomic E-state index is -4.79. The van der Waals surface area contributed by atoms with Crippen molar-refractivity contribution < 1.29 is 22.8 Å². The van der Waals surface area contributed by atoms with Crippen LogP contribution in [0.25, 0.3) is 0 Å². The third kappa shape index (κ3) is 4.00. The first kappa shape index (κ1) is 18.1. The highest BCUT2D eigenvalue weighted by Gasteiger charge is 2.40. The molecule has 8 heteroatoms. The summed E-state index contributed by atoms with van der Waals surface area (Å²) in [6, 6.07) is 6.19. The Morgan fingerprint density at radius 1 is 1.12 bits per heavy atom. The molecular weight excluding hydrogens is 341 g/mol. The van der Waals surface area contributed by atoms with Crippen LogP contribution in [0.1, 0.15) is 40.3 Å². The molecule has 0 aliphatic carbocycles. The van der Waals surface area contributed by atoms with E-state index in [1.54, 1.807) is 19.1 Å². The molecule has 1 aromatic heterocycles. The van der Waals surface area contributed by atoms with Gasteiger partial charge < -0.3 is 5.32 Å². The van der Waals surface area contributed by atoms with Gasteiger partial charge in [0.1, 0.15) is 4.88 Å². The van der Waals surface area contributed by atoms with Gasteiger partial charge in [-0.2, -0.15) is 13.2 Å². The van der Waals surface area contributed by atoms with E-state index in [1.165, 1.54) is 26.0 Å². The van der Waals surface area contributed by atoms with Crippen molar-refractivity contribution in [3.63, 3.8) is 0 Å². The molecule has 1 N–H and O–H groups in total. The van der Waals surface area contributed by atoms with Gasteiger partial charge >= 0.3 is 6.18 Å². The molecule has 1 radical (unpaired) electrons. The molecule has 0 unspecified atom stereocenters. The van der Waals surface area contributed by atoms with Crippen LogP contribution in [0.2, 0.25) is 0 Å². The van der Waals surface area contributed by atoms with Crippen LogP contribution in [-0.4, -0.2) is 16.7 Å². The zero-order valence-corrected chi connectivity index (χ0v) is 13.9. The third-order valence-corrected chi connectivity index (χ3v) is 4.06. The molecule has 0 saturated heterocycles. The molecule has 1 heterocycles. The first-order valence-electron chi connectivity index (χ1n) is 6.90. The quantitative estimate of drug-likeness (QED) is 0.834. The molecule has 0 spiro atoms. The molecular formula is C16H14F3N2O2S. The Morgan fingerprint density at radius 3 is 2.21 bits per heavy atom. The summed E-state index contributed by atoms with van der Waals surface area (Å²) in [5.74, 6) is -0.963. The van der Waals surface area contributed by atoms with Crippen LogP contribution in [0, 0.1) is 12.8 Å². The standard InChI is InChI=1S/C16H14F3N2O2S/c1-8(2)14(23)21-15-20-13(16(17,18)19)12(24-15)11(22)10-6-4-9(3)5-7-10/h4-7H,1-3H3,(H,20,21,23). The molecule has 1 amide bonds. The van der Waals surface area contributed by atoms with E-state index in [1.807, 2.05) is 0 Å². The highest BCUT2D eigenvalue weighted by Crippen LogP contribution is 2.37.